The summed E-state index contributed by atoms with van der Waals surface area (Å²) < 4.78 is 17.8. The standard InChI is InChI=1S/C23H25N3O6/c1-4-26-11-16(21(27)15-8-18-19(9-17(15)26)32-12-31-18)22(28)25-20(13(2)3)23(29)24-10-14-6-5-7-30-14/h5-9,11,13,20H,4,10,12H2,1-3H3,(H,24,29)(H,25,28)/t20-/m0/s1. The monoisotopic (exact) mass is 439 g/mol. The van der Waals surface area contributed by atoms with Gasteiger partial charge in [-0.05, 0) is 31.0 Å². The van der Waals surface area contributed by atoms with Gasteiger partial charge in [-0.3, -0.25) is 14.4 Å². The minimum Gasteiger partial charge on any atom is -0.467 e. The maximum absolute atomic E-state index is 13.2. The molecular weight excluding hydrogens is 414 g/mol. The Morgan fingerprint density at radius 2 is 1.94 bits per heavy atom. The Bertz CT molecular complexity index is 1210. The first-order valence-corrected chi connectivity index (χ1v) is 10.5. The molecule has 168 valence electrons. The third kappa shape index (κ3) is 4.05. The topological polar surface area (TPSA) is 112 Å². The third-order valence-corrected chi connectivity index (χ3v) is 5.41. The molecule has 9 heteroatoms. The minimum atomic E-state index is -0.820. The summed E-state index contributed by atoms with van der Waals surface area (Å²) in [6.45, 7) is 6.38. The molecule has 0 aliphatic carbocycles. The van der Waals surface area contributed by atoms with E-state index >= 15 is 0 Å². The highest BCUT2D eigenvalue weighted by atomic mass is 16.7. The van der Waals surface area contributed by atoms with Crippen LogP contribution in [0.15, 0.2) is 45.9 Å². The molecule has 9 nitrogen and oxygen atoms in total. The number of furan rings is 1. The van der Waals surface area contributed by atoms with E-state index in [4.69, 9.17) is 13.9 Å². The highest BCUT2D eigenvalue weighted by molar-refractivity contribution is 6.00. The predicted molar refractivity (Wildman–Crippen MR) is 117 cm³/mol. The fourth-order valence-corrected chi connectivity index (χ4v) is 3.65. The van der Waals surface area contributed by atoms with Crippen LogP contribution in [0.1, 0.15) is 36.9 Å². The molecule has 0 saturated heterocycles. The fraction of sp³-hybridized carbons (Fsp3) is 0.348. The Kier molecular flexibility index (Phi) is 5.89. The van der Waals surface area contributed by atoms with Gasteiger partial charge < -0.3 is 29.1 Å². The number of rotatable bonds is 7. The van der Waals surface area contributed by atoms with Crippen LogP contribution in [0.5, 0.6) is 11.5 Å². The average molecular weight is 439 g/mol. The Labute approximate surface area is 184 Å². The molecule has 2 aromatic heterocycles. The number of ether oxygens (including phenoxy) is 2. The van der Waals surface area contributed by atoms with E-state index in [1.165, 1.54) is 12.5 Å². The smallest absolute Gasteiger partial charge is 0.257 e. The number of aryl methyl sites for hydroxylation is 1. The number of carbonyl (C=O) groups excluding carboxylic acids is 2. The van der Waals surface area contributed by atoms with Gasteiger partial charge in [0.1, 0.15) is 17.4 Å². The first-order chi connectivity index (χ1) is 15.4. The lowest BCUT2D eigenvalue weighted by atomic mass is 10.0. The summed E-state index contributed by atoms with van der Waals surface area (Å²) in [5.74, 6) is 0.467. The summed E-state index contributed by atoms with van der Waals surface area (Å²) in [4.78, 5) is 39.0. The molecule has 32 heavy (non-hydrogen) atoms. The molecule has 1 aliphatic heterocycles. The zero-order chi connectivity index (χ0) is 22.8. The van der Waals surface area contributed by atoms with Crippen molar-refractivity contribution in [2.75, 3.05) is 6.79 Å². The van der Waals surface area contributed by atoms with Crippen molar-refractivity contribution in [3.8, 4) is 11.5 Å². The van der Waals surface area contributed by atoms with Crippen LogP contribution < -0.4 is 25.5 Å². The quantitative estimate of drug-likeness (QED) is 0.585. The van der Waals surface area contributed by atoms with Crippen LogP contribution in [0.3, 0.4) is 0 Å². The van der Waals surface area contributed by atoms with Crippen LogP contribution in [0.25, 0.3) is 10.9 Å². The highest BCUT2D eigenvalue weighted by Crippen LogP contribution is 2.35. The summed E-state index contributed by atoms with van der Waals surface area (Å²) in [7, 11) is 0. The van der Waals surface area contributed by atoms with Crippen molar-refractivity contribution >= 4 is 22.7 Å². The highest BCUT2D eigenvalue weighted by Gasteiger charge is 2.27. The molecule has 0 spiro atoms. The normalized spacial score (nSPS) is 13.4. The molecule has 0 bridgehead atoms. The van der Waals surface area contributed by atoms with E-state index in [-0.39, 0.29) is 30.7 Å². The summed E-state index contributed by atoms with van der Waals surface area (Å²) in [5, 5.41) is 5.83. The van der Waals surface area contributed by atoms with Gasteiger partial charge in [-0.1, -0.05) is 13.8 Å². The molecule has 4 rings (SSSR count). The molecule has 1 aromatic carbocycles. The lowest BCUT2D eigenvalue weighted by molar-refractivity contribution is -0.124. The van der Waals surface area contributed by atoms with E-state index in [1.807, 2.05) is 20.8 Å². The van der Waals surface area contributed by atoms with E-state index in [2.05, 4.69) is 10.6 Å². The van der Waals surface area contributed by atoms with Crippen molar-refractivity contribution in [1.29, 1.82) is 0 Å². The zero-order valence-corrected chi connectivity index (χ0v) is 18.1. The van der Waals surface area contributed by atoms with Crippen molar-refractivity contribution in [2.45, 2.75) is 39.9 Å². The number of fused-ring (bicyclic) bond motifs is 2. The zero-order valence-electron chi connectivity index (χ0n) is 18.1. The molecule has 1 aliphatic rings. The molecule has 2 N–H and O–H groups in total. The lowest BCUT2D eigenvalue weighted by Crippen LogP contribution is -2.50. The number of hydrogen-bond donors (Lipinski definition) is 2. The number of benzene rings is 1. The Balaban J connectivity index is 1.61. The van der Waals surface area contributed by atoms with E-state index in [0.29, 0.717) is 34.7 Å². The maximum Gasteiger partial charge on any atom is 0.257 e. The Hall–Kier alpha value is -3.75. The van der Waals surface area contributed by atoms with Crippen LogP contribution in [-0.4, -0.2) is 29.2 Å². The Morgan fingerprint density at radius 1 is 1.19 bits per heavy atom. The number of hydrogen-bond acceptors (Lipinski definition) is 6. The lowest BCUT2D eigenvalue weighted by Gasteiger charge is -2.22. The van der Waals surface area contributed by atoms with Gasteiger partial charge in [0, 0.05) is 18.8 Å². The van der Waals surface area contributed by atoms with Crippen molar-refractivity contribution in [1.82, 2.24) is 15.2 Å². The second-order valence-corrected chi connectivity index (χ2v) is 7.87. The van der Waals surface area contributed by atoms with Crippen molar-refractivity contribution in [3.63, 3.8) is 0 Å². The molecule has 1 atom stereocenters. The predicted octanol–water partition coefficient (Wildman–Crippen LogP) is 2.41. The molecule has 3 heterocycles. The third-order valence-electron chi connectivity index (χ3n) is 5.41. The number of aromatic nitrogens is 1. The number of nitrogens with zero attached hydrogens (tertiary/aromatic N) is 1. The van der Waals surface area contributed by atoms with E-state index in [1.54, 1.807) is 28.8 Å². The first kappa shape index (κ1) is 21.5. The van der Waals surface area contributed by atoms with Gasteiger partial charge >= 0.3 is 0 Å². The number of carbonyl (C=O) groups is 2. The Morgan fingerprint density at radius 3 is 2.59 bits per heavy atom. The molecule has 0 fully saturated rings. The van der Waals surface area contributed by atoms with Gasteiger partial charge in [-0.15, -0.1) is 0 Å². The van der Waals surface area contributed by atoms with Crippen LogP contribution in [-0.2, 0) is 17.9 Å². The first-order valence-electron chi connectivity index (χ1n) is 10.5. The van der Waals surface area contributed by atoms with Crippen molar-refractivity contribution in [2.24, 2.45) is 5.92 Å². The fourth-order valence-electron chi connectivity index (χ4n) is 3.65. The number of nitrogens with one attached hydrogen (secondary N) is 2. The van der Waals surface area contributed by atoms with Gasteiger partial charge in [0.15, 0.2) is 11.5 Å². The molecule has 3 aromatic rings. The average Bonchev–Trinajstić information content (AvgIpc) is 3.46. The number of amides is 2. The van der Waals surface area contributed by atoms with Crippen LogP contribution >= 0.6 is 0 Å². The summed E-state index contributed by atoms with van der Waals surface area (Å²) >= 11 is 0. The molecule has 0 radical (unpaired) electrons. The summed E-state index contributed by atoms with van der Waals surface area (Å²) in [5.41, 5.74) is 0.177. The number of pyridine rings is 1. The molecule has 0 unspecified atom stereocenters. The van der Waals surface area contributed by atoms with Gasteiger partial charge in [-0.25, -0.2) is 0 Å². The van der Waals surface area contributed by atoms with E-state index in [9.17, 15) is 14.4 Å². The minimum absolute atomic E-state index is 0.0392. The largest absolute Gasteiger partial charge is 0.467 e. The van der Waals surface area contributed by atoms with E-state index in [0.717, 1.165) is 0 Å². The van der Waals surface area contributed by atoms with Crippen molar-refractivity contribution in [3.05, 3.63) is 58.3 Å². The second-order valence-electron chi connectivity index (χ2n) is 7.87. The van der Waals surface area contributed by atoms with Crippen molar-refractivity contribution < 1.29 is 23.5 Å². The molecule has 0 saturated carbocycles. The van der Waals surface area contributed by atoms with Gasteiger partial charge in [-0.2, -0.15) is 0 Å². The van der Waals surface area contributed by atoms with E-state index < -0.39 is 17.4 Å². The van der Waals surface area contributed by atoms with Gasteiger partial charge in [0.2, 0.25) is 18.1 Å². The van der Waals surface area contributed by atoms with Gasteiger partial charge in [0.25, 0.3) is 5.91 Å². The van der Waals surface area contributed by atoms with Crippen LogP contribution in [0, 0.1) is 5.92 Å². The summed E-state index contributed by atoms with van der Waals surface area (Å²) in [6.07, 6.45) is 3.04. The van der Waals surface area contributed by atoms with Gasteiger partial charge in [0.05, 0.1) is 23.7 Å². The van der Waals surface area contributed by atoms with Crippen LogP contribution in [0.4, 0.5) is 0 Å². The second kappa shape index (κ2) is 8.78. The summed E-state index contributed by atoms with van der Waals surface area (Å²) in [6, 6.07) is 5.99. The van der Waals surface area contributed by atoms with Crippen LogP contribution in [0.2, 0.25) is 0 Å². The molecular formula is C23H25N3O6. The SMILES string of the molecule is CCn1cc(C(=O)N[C@H](C(=O)NCc2ccco2)C(C)C)c(=O)c2cc3c(cc21)OCO3. The molecule has 2 amide bonds. The maximum atomic E-state index is 13.2.